The summed E-state index contributed by atoms with van der Waals surface area (Å²) in [6.45, 7) is 3.40. The van der Waals surface area contributed by atoms with E-state index in [4.69, 9.17) is 24.7 Å². The number of hydrogen-bond acceptors (Lipinski definition) is 11. The van der Waals surface area contributed by atoms with Crippen LogP contribution < -0.4 is 20.8 Å². The number of benzene rings is 3. The summed E-state index contributed by atoms with van der Waals surface area (Å²) in [5, 5.41) is 23.3. The normalized spacial score (nSPS) is 19.0. The Labute approximate surface area is 275 Å². The van der Waals surface area contributed by atoms with Gasteiger partial charge >= 0.3 is 5.97 Å². The van der Waals surface area contributed by atoms with Gasteiger partial charge in [-0.2, -0.15) is 4.98 Å². The number of hydrogen-bond donors (Lipinski definition) is 4. The lowest BCUT2D eigenvalue weighted by Gasteiger charge is -2.44. The monoisotopic (exact) mass is 654 g/mol. The first kappa shape index (κ1) is 32.7. The first-order valence-corrected chi connectivity index (χ1v) is 15.3. The van der Waals surface area contributed by atoms with Crippen LogP contribution in [0, 0.1) is 12.0 Å². The molecule has 0 saturated carbocycles. The lowest BCUT2D eigenvalue weighted by atomic mass is 9.63. The van der Waals surface area contributed by atoms with Gasteiger partial charge in [0, 0.05) is 0 Å². The van der Waals surface area contributed by atoms with Crippen LogP contribution >= 0.6 is 0 Å². The molecule has 2 aromatic heterocycles. The molecule has 13 nitrogen and oxygen atoms in total. The van der Waals surface area contributed by atoms with E-state index >= 15 is 0 Å². The molecule has 1 aliphatic heterocycles. The van der Waals surface area contributed by atoms with Crippen LogP contribution in [-0.4, -0.2) is 68.2 Å². The van der Waals surface area contributed by atoms with Gasteiger partial charge in [0.25, 0.3) is 5.56 Å². The second kappa shape index (κ2) is 13.1. The summed E-state index contributed by atoms with van der Waals surface area (Å²) >= 11 is 0. The summed E-state index contributed by atoms with van der Waals surface area (Å²) in [4.78, 5) is 36.9. The molecule has 0 spiro atoms. The zero-order chi connectivity index (χ0) is 34.2. The summed E-state index contributed by atoms with van der Waals surface area (Å²) < 4.78 is 25.1. The minimum Gasteiger partial charge on any atom is -0.497 e. The number of nitrogens with two attached hydrogens (primary N) is 1. The fourth-order valence-electron chi connectivity index (χ4n) is 6.22. The molecule has 1 fully saturated rings. The Kier molecular flexibility index (Phi) is 8.93. The molecular formula is C35H36N5O8. The number of aliphatic hydroxyl groups is 2. The van der Waals surface area contributed by atoms with Crippen molar-refractivity contribution in [3.05, 3.63) is 118 Å². The molecule has 5 aromatic rings. The Morgan fingerprint density at radius 2 is 1.52 bits per heavy atom. The van der Waals surface area contributed by atoms with Crippen LogP contribution in [0.15, 0.2) is 90.0 Å². The van der Waals surface area contributed by atoms with E-state index in [0.29, 0.717) is 28.2 Å². The number of ether oxygens (including phenoxy) is 4. The maximum atomic E-state index is 13.7. The number of aliphatic hydroxyl groups excluding tert-OH is 2. The average Bonchev–Trinajstić information content (AvgIpc) is 3.65. The van der Waals surface area contributed by atoms with Crippen LogP contribution in [0.4, 0.5) is 5.95 Å². The van der Waals surface area contributed by atoms with E-state index in [1.165, 1.54) is 10.9 Å². The number of nitrogens with zero attached hydrogens (tertiary/aromatic N) is 3. The highest BCUT2D eigenvalue weighted by molar-refractivity contribution is 5.73. The molecule has 5 N–H and O–H groups in total. The molecule has 0 amide bonds. The van der Waals surface area contributed by atoms with E-state index < -0.39 is 53.5 Å². The number of rotatable bonds is 10. The topological polar surface area (TPSA) is 184 Å². The number of methoxy groups -OCH3 is 2. The van der Waals surface area contributed by atoms with Crippen LogP contribution in [0.2, 0.25) is 0 Å². The minimum atomic E-state index is -1.64. The lowest BCUT2D eigenvalue weighted by Crippen LogP contribution is -2.53. The number of carbonyl (C=O) groups excluding carboxylic acids is 1. The molecule has 48 heavy (non-hydrogen) atoms. The summed E-state index contributed by atoms with van der Waals surface area (Å²) in [7, 11) is 3.13. The maximum absolute atomic E-state index is 13.7. The van der Waals surface area contributed by atoms with Gasteiger partial charge in [-0.1, -0.05) is 68.4 Å². The number of nitrogen functional groups attached to an aromatic ring is 1. The van der Waals surface area contributed by atoms with Crippen molar-refractivity contribution in [3.63, 3.8) is 0 Å². The van der Waals surface area contributed by atoms with Gasteiger partial charge in [0.1, 0.15) is 29.8 Å². The molecule has 0 bridgehead atoms. The van der Waals surface area contributed by atoms with Gasteiger partial charge in [-0.15, -0.1) is 0 Å². The van der Waals surface area contributed by atoms with Gasteiger partial charge in [0.05, 0.1) is 31.9 Å². The summed E-state index contributed by atoms with van der Waals surface area (Å²) in [6.07, 6.45) is -4.92. The molecule has 6 rings (SSSR count). The predicted molar refractivity (Wildman–Crippen MR) is 175 cm³/mol. The Bertz CT molecular complexity index is 1890. The highest BCUT2D eigenvalue weighted by Crippen LogP contribution is 2.50. The fourth-order valence-corrected chi connectivity index (χ4v) is 6.22. The van der Waals surface area contributed by atoms with Crippen molar-refractivity contribution in [2.45, 2.75) is 43.8 Å². The minimum absolute atomic E-state index is 0.0316. The first-order valence-electron chi connectivity index (χ1n) is 15.3. The molecule has 249 valence electrons. The molecule has 13 heteroatoms. The Morgan fingerprint density at radius 3 is 2.06 bits per heavy atom. The average molecular weight is 655 g/mol. The Hall–Kier alpha value is -5.24. The number of fused-ring (bicyclic) bond motifs is 1. The van der Waals surface area contributed by atoms with Crippen molar-refractivity contribution in [1.29, 1.82) is 0 Å². The van der Waals surface area contributed by atoms with Gasteiger partial charge in [-0.3, -0.25) is 19.1 Å². The van der Waals surface area contributed by atoms with Crippen LogP contribution in [0.1, 0.15) is 36.8 Å². The number of aromatic nitrogens is 4. The molecule has 4 atom stereocenters. The van der Waals surface area contributed by atoms with Gasteiger partial charge in [-0.05, 0) is 41.0 Å². The predicted octanol–water partition coefficient (Wildman–Crippen LogP) is 3.48. The SMILES string of the molecule is COc1ccc(C(c2ccccc2)(c2ccc(OC)cc2)C(OC(=O)C(C)C)[C@H]2O[C@@H](n3cnc4c(=O)[nH]c(N)nc43)[C@H](O)[C]2O)cc1. The van der Waals surface area contributed by atoms with Gasteiger partial charge in [-0.25, -0.2) is 4.98 Å². The van der Waals surface area contributed by atoms with E-state index in [1.54, 1.807) is 52.3 Å². The Morgan fingerprint density at radius 1 is 0.958 bits per heavy atom. The van der Waals surface area contributed by atoms with E-state index in [0.717, 1.165) is 0 Å². The van der Waals surface area contributed by atoms with Crippen LogP contribution in [-0.2, 0) is 19.7 Å². The van der Waals surface area contributed by atoms with Crippen molar-refractivity contribution in [3.8, 4) is 11.5 Å². The molecular weight excluding hydrogens is 618 g/mol. The van der Waals surface area contributed by atoms with Crippen molar-refractivity contribution < 1.29 is 34.0 Å². The van der Waals surface area contributed by atoms with Crippen LogP contribution in [0.25, 0.3) is 11.2 Å². The van der Waals surface area contributed by atoms with Crippen LogP contribution in [0.5, 0.6) is 11.5 Å². The summed E-state index contributed by atoms with van der Waals surface area (Å²) in [5.74, 6) is -0.0969. The number of imidazole rings is 1. The number of aromatic amines is 1. The second-order valence-electron chi connectivity index (χ2n) is 11.7. The molecule has 3 aromatic carbocycles. The van der Waals surface area contributed by atoms with Crippen LogP contribution in [0.3, 0.4) is 0 Å². The summed E-state index contributed by atoms with van der Waals surface area (Å²) in [6, 6.07) is 24.0. The fraction of sp³-hybridized carbons (Fsp3) is 0.286. The third-order valence-electron chi connectivity index (χ3n) is 8.61. The maximum Gasteiger partial charge on any atom is 0.308 e. The zero-order valence-corrected chi connectivity index (χ0v) is 26.7. The number of H-pyrrole nitrogens is 1. The highest BCUT2D eigenvalue weighted by Gasteiger charge is 2.58. The Balaban J connectivity index is 1.61. The molecule has 1 radical (unpaired) electrons. The quantitative estimate of drug-likeness (QED) is 0.128. The number of anilines is 1. The molecule has 1 saturated heterocycles. The van der Waals surface area contributed by atoms with Crippen molar-refractivity contribution in [2.24, 2.45) is 5.92 Å². The third kappa shape index (κ3) is 5.55. The third-order valence-corrected chi connectivity index (χ3v) is 8.61. The molecule has 1 aliphatic rings. The largest absolute Gasteiger partial charge is 0.497 e. The molecule has 3 heterocycles. The molecule has 1 unspecified atom stereocenters. The lowest BCUT2D eigenvalue weighted by molar-refractivity contribution is -0.167. The van der Waals surface area contributed by atoms with Gasteiger partial charge in [0.15, 0.2) is 23.5 Å². The van der Waals surface area contributed by atoms with Gasteiger partial charge < -0.3 is 34.9 Å². The van der Waals surface area contributed by atoms with Gasteiger partial charge in [0.2, 0.25) is 5.95 Å². The molecule has 0 aliphatic carbocycles. The standard InChI is InChI=1S/C35H36N5O8/c1-19(2)33(44)48-29(28-26(41)27(42)32(47-28)40-18-37-25-30(40)38-34(36)39-31(25)43)35(20-8-6-5-7-9-20,21-10-14-23(45-3)15-11-21)22-12-16-24(46-4)17-13-22/h5-19,27-29,32,41-42H,1-4H3,(H3,36,38,39,43)/t27-,28+,29?,32-/m1/s1. The van der Waals surface area contributed by atoms with E-state index in [2.05, 4.69) is 15.0 Å². The van der Waals surface area contributed by atoms with Crippen molar-refractivity contribution in [2.75, 3.05) is 20.0 Å². The smallest absolute Gasteiger partial charge is 0.308 e. The number of nitrogens with one attached hydrogen (secondary N) is 1. The number of carbonyl (C=O) groups is 1. The number of esters is 1. The zero-order valence-electron chi connectivity index (χ0n) is 26.7. The second-order valence-corrected chi connectivity index (χ2v) is 11.7. The van der Waals surface area contributed by atoms with E-state index in [9.17, 15) is 19.8 Å². The van der Waals surface area contributed by atoms with Crippen molar-refractivity contribution >= 4 is 23.1 Å². The van der Waals surface area contributed by atoms with E-state index in [1.807, 2.05) is 54.6 Å². The van der Waals surface area contributed by atoms with Crippen molar-refractivity contribution in [1.82, 2.24) is 19.5 Å². The van der Waals surface area contributed by atoms with E-state index in [-0.39, 0.29) is 17.1 Å². The first-order chi connectivity index (χ1) is 23.1. The summed E-state index contributed by atoms with van der Waals surface area (Å²) in [5.41, 5.74) is 5.92. The highest BCUT2D eigenvalue weighted by atomic mass is 16.6.